The zero-order valence-electron chi connectivity index (χ0n) is 17.4. The van der Waals surface area contributed by atoms with E-state index in [2.05, 4.69) is 5.32 Å². The maximum Gasteiger partial charge on any atom is 0.265 e. The Bertz CT molecular complexity index is 1380. The number of nitrogens with one attached hydrogen (secondary N) is 1. The summed E-state index contributed by atoms with van der Waals surface area (Å²) in [5.41, 5.74) is 7.23. The summed E-state index contributed by atoms with van der Waals surface area (Å²) in [6, 6.07) is 19.9. The number of nitrogens with zero attached hydrogens (tertiary/aromatic N) is 1. The second-order valence-electron chi connectivity index (χ2n) is 7.61. The number of carbonyl (C=O) groups is 1. The monoisotopic (exact) mass is 429 g/mol. The molecule has 5 N–H and O–H groups in total. The van der Waals surface area contributed by atoms with Gasteiger partial charge in [0.15, 0.2) is 5.78 Å². The molecule has 0 saturated carbocycles. The summed E-state index contributed by atoms with van der Waals surface area (Å²) in [5.74, 6) is -0.871. The zero-order chi connectivity index (χ0) is 22.8. The van der Waals surface area contributed by atoms with Crippen molar-refractivity contribution in [2.24, 2.45) is 7.05 Å². The number of hydrogen-bond acceptors (Lipinski definition) is 6. The van der Waals surface area contributed by atoms with Crippen LogP contribution in [0.5, 0.6) is 11.5 Å². The molecule has 4 aromatic rings. The molecule has 32 heavy (non-hydrogen) atoms. The van der Waals surface area contributed by atoms with Crippen molar-refractivity contribution in [3.63, 3.8) is 0 Å². The molecule has 1 atom stereocenters. The molecule has 3 aromatic carbocycles. The lowest BCUT2D eigenvalue weighted by atomic mass is 9.96. The van der Waals surface area contributed by atoms with Crippen LogP contribution in [-0.2, 0) is 7.05 Å². The zero-order valence-corrected chi connectivity index (χ0v) is 17.4. The predicted molar refractivity (Wildman–Crippen MR) is 125 cm³/mol. The van der Waals surface area contributed by atoms with Gasteiger partial charge >= 0.3 is 0 Å². The Morgan fingerprint density at radius 1 is 1.03 bits per heavy atom. The third-order valence-corrected chi connectivity index (χ3v) is 5.48. The number of aryl methyl sites for hydroxylation is 1. The van der Waals surface area contributed by atoms with Gasteiger partial charge in [-0.05, 0) is 36.4 Å². The number of hydrogen-bond donors (Lipinski definition) is 4. The number of carbonyl (C=O) groups excluding carboxylic acids is 1. The van der Waals surface area contributed by atoms with Crippen molar-refractivity contribution in [2.75, 3.05) is 11.1 Å². The number of phenolic OH excluding ortho intramolecular Hbond substituents is 1. The first-order chi connectivity index (χ1) is 15.4. The topological polar surface area (TPSA) is 118 Å². The van der Waals surface area contributed by atoms with E-state index in [9.17, 15) is 19.8 Å². The number of phenols is 1. The fourth-order valence-electron chi connectivity index (χ4n) is 3.87. The fourth-order valence-corrected chi connectivity index (χ4v) is 3.87. The maximum atomic E-state index is 13.3. The first kappa shape index (κ1) is 21.0. The molecule has 7 heteroatoms. The normalized spacial score (nSPS) is 11.9. The SMILES string of the molecule is Cn1c(=O)c(C(=O)C[C@@H](Nc2cccc(N)c2)c2ccccc2O)c(O)c2ccccc21. The molecular weight excluding hydrogens is 406 g/mol. The van der Waals surface area contributed by atoms with E-state index in [1.165, 1.54) is 10.6 Å². The molecule has 0 radical (unpaired) electrons. The lowest BCUT2D eigenvalue weighted by Crippen LogP contribution is -2.26. The number of nitrogen functional groups attached to an aromatic ring is 1. The molecule has 0 amide bonds. The molecule has 0 aliphatic heterocycles. The molecule has 162 valence electrons. The van der Waals surface area contributed by atoms with Gasteiger partial charge in [0.25, 0.3) is 5.56 Å². The third kappa shape index (κ3) is 3.88. The Hall–Kier alpha value is -4.26. The first-order valence-corrected chi connectivity index (χ1v) is 10.1. The van der Waals surface area contributed by atoms with Gasteiger partial charge in [0.05, 0.1) is 11.6 Å². The van der Waals surface area contributed by atoms with Crippen LogP contribution >= 0.6 is 0 Å². The number of pyridine rings is 1. The molecule has 0 aliphatic carbocycles. The van der Waals surface area contributed by atoms with Gasteiger partial charge in [0, 0.05) is 35.8 Å². The van der Waals surface area contributed by atoms with E-state index in [1.807, 2.05) is 0 Å². The van der Waals surface area contributed by atoms with Crippen LogP contribution in [0.3, 0.4) is 0 Å². The Balaban J connectivity index is 1.77. The highest BCUT2D eigenvalue weighted by molar-refractivity contribution is 6.03. The van der Waals surface area contributed by atoms with Gasteiger partial charge in [-0.3, -0.25) is 9.59 Å². The molecular formula is C25H23N3O4. The van der Waals surface area contributed by atoms with Crippen molar-refractivity contribution in [2.45, 2.75) is 12.5 Å². The summed E-state index contributed by atoms with van der Waals surface area (Å²) in [7, 11) is 1.56. The standard InChI is InChI=1S/C25H23N3O4/c1-28-20-11-4-2-10-18(20)24(31)23(25(28)32)22(30)14-19(17-9-3-5-12-21(17)29)27-16-8-6-7-15(26)13-16/h2-13,19,27,29,31H,14,26H2,1H3/t19-/m1/s1. The number of aromatic nitrogens is 1. The third-order valence-electron chi connectivity index (χ3n) is 5.48. The van der Waals surface area contributed by atoms with E-state index in [1.54, 1.807) is 73.8 Å². The highest BCUT2D eigenvalue weighted by atomic mass is 16.3. The van der Waals surface area contributed by atoms with Crippen molar-refractivity contribution in [3.8, 4) is 11.5 Å². The van der Waals surface area contributed by atoms with Crippen LogP contribution in [0.25, 0.3) is 10.9 Å². The second-order valence-corrected chi connectivity index (χ2v) is 7.61. The Morgan fingerprint density at radius 2 is 1.75 bits per heavy atom. The van der Waals surface area contributed by atoms with Crippen molar-refractivity contribution in [1.82, 2.24) is 4.57 Å². The molecule has 0 unspecified atom stereocenters. The molecule has 0 saturated heterocycles. The molecule has 1 aromatic heterocycles. The lowest BCUT2D eigenvalue weighted by molar-refractivity contribution is 0.0972. The Labute approximate surface area is 184 Å². The summed E-state index contributed by atoms with van der Waals surface area (Å²) >= 11 is 0. The summed E-state index contributed by atoms with van der Waals surface area (Å²) in [6.45, 7) is 0. The summed E-state index contributed by atoms with van der Waals surface area (Å²) in [5, 5.41) is 24.8. The van der Waals surface area contributed by atoms with Gasteiger partial charge in [-0.2, -0.15) is 0 Å². The molecule has 0 aliphatic rings. The highest BCUT2D eigenvalue weighted by Crippen LogP contribution is 2.33. The van der Waals surface area contributed by atoms with Crippen LogP contribution < -0.4 is 16.6 Å². The first-order valence-electron chi connectivity index (χ1n) is 10.1. The number of benzene rings is 3. The smallest absolute Gasteiger partial charge is 0.265 e. The van der Waals surface area contributed by atoms with Crippen molar-refractivity contribution in [1.29, 1.82) is 0 Å². The molecule has 0 spiro atoms. The van der Waals surface area contributed by atoms with Crippen molar-refractivity contribution in [3.05, 3.63) is 94.3 Å². The average Bonchev–Trinajstić information content (AvgIpc) is 2.78. The number of anilines is 2. The quantitative estimate of drug-likeness (QED) is 0.272. The van der Waals surface area contributed by atoms with E-state index >= 15 is 0 Å². The van der Waals surface area contributed by atoms with Crippen LogP contribution in [0, 0.1) is 0 Å². The van der Waals surface area contributed by atoms with Crippen LogP contribution in [0.2, 0.25) is 0 Å². The van der Waals surface area contributed by atoms with E-state index in [-0.39, 0.29) is 23.5 Å². The Morgan fingerprint density at radius 3 is 2.50 bits per heavy atom. The van der Waals surface area contributed by atoms with Gasteiger partial charge in [-0.15, -0.1) is 0 Å². The summed E-state index contributed by atoms with van der Waals surface area (Å²) in [4.78, 5) is 26.2. The number of para-hydroxylation sites is 2. The number of fused-ring (bicyclic) bond motifs is 1. The number of Topliss-reactive ketones (excluding diaryl/α,β-unsaturated/α-hetero) is 1. The number of nitrogens with two attached hydrogens (primary N) is 1. The highest BCUT2D eigenvalue weighted by Gasteiger charge is 2.26. The van der Waals surface area contributed by atoms with E-state index in [4.69, 9.17) is 5.73 Å². The van der Waals surface area contributed by atoms with Crippen LogP contribution in [0.4, 0.5) is 11.4 Å². The van der Waals surface area contributed by atoms with E-state index in [0.717, 1.165) is 0 Å². The molecule has 4 rings (SSSR count). The van der Waals surface area contributed by atoms with Crippen molar-refractivity contribution < 1.29 is 15.0 Å². The number of aromatic hydroxyl groups is 2. The second kappa shape index (κ2) is 8.47. The largest absolute Gasteiger partial charge is 0.508 e. The molecule has 0 fully saturated rings. The number of ketones is 1. The molecule has 7 nitrogen and oxygen atoms in total. The van der Waals surface area contributed by atoms with Crippen LogP contribution in [0.1, 0.15) is 28.4 Å². The molecule has 0 bridgehead atoms. The maximum absolute atomic E-state index is 13.3. The van der Waals surface area contributed by atoms with Gasteiger partial charge in [0.1, 0.15) is 17.1 Å². The average molecular weight is 429 g/mol. The molecule has 1 heterocycles. The van der Waals surface area contributed by atoms with Gasteiger partial charge in [-0.1, -0.05) is 36.4 Å². The minimum Gasteiger partial charge on any atom is -0.508 e. The van der Waals surface area contributed by atoms with Crippen LogP contribution in [-0.4, -0.2) is 20.6 Å². The minimum absolute atomic E-state index is 0.0114. The number of rotatable bonds is 6. The van der Waals surface area contributed by atoms with E-state index in [0.29, 0.717) is 27.8 Å². The van der Waals surface area contributed by atoms with Gasteiger partial charge in [0.2, 0.25) is 0 Å². The summed E-state index contributed by atoms with van der Waals surface area (Å²) < 4.78 is 1.35. The fraction of sp³-hybridized carbons (Fsp3) is 0.120. The predicted octanol–water partition coefficient (Wildman–Crippen LogP) is 3.96. The van der Waals surface area contributed by atoms with Gasteiger partial charge in [-0.25, -0.2) is 0 Å². The summed E-state index contributed by atoms with van der Waals surface area (Å²) in [6.07, 6.45) is -0.173. The van der Waals surface area contributed by atoms with Gasteiger partial charge < -0.3 is 25.8 Å². The van der Waals surface area contributed by atoms with Crippen molar-refractivity contribution >= 4 is 28.1 Å². The minimum atomic E-state index is -0.666. The Kier molecular flexibility index (Phi) is 5.55. The van der Waals surface area contributed by atoms with E-state index < -0.39 is 17.4 Å². The van der Waals surface area contributed by atoms with Crippen LogP contribution in [0.15, 0.2) is 77.6 Å². The lowest BCUT2D eigenvalue weighted by Gasteiger charge is -2.21.